The number of fused-ring (bicyclic) bond motifs is 2. The van der Waals surface area contributed by atoms with Gasteiger partial charge >= 0.3 is 0 Å². The van der Waals surface area contributed by atoms with Crippen molar-refractivity contribution in [2.75, 3.05) is 44.7 Å². The Balaban J connectivity index is 1.63. The van der Waals surface area contributed by atoms with Crippen LogP contribution in [0, 0.1) is 0 Å². The first-order valence-electron chi connectivity index (χ1n) is 7.49. The fraction of sp³-hybridized carbons (Fsp3) is 0.500. The third kappa shape index (κ3) is 1.94. The van der Waals surface area contributed by atoms with Crippen LogP contribution < -0.4 is 10.2 Å². The summed E-state index contributed by atoms with van der Waals surface area (Å²) in [7, 11) is 2.04. The quantitative estimate of drug-likeness (QED) is 0.933. The van der Waals surface area contributed by atoms with Gasteiger partial charge in [0.1, 0.15) is 0 Å². The molecular formula is C16H21N3S. The van der Waals surface area contributed by atoms with Gasteiger partial charge in [-0.3, -0.25) is 4.90 Å². The number of nitrogens with zero attached hydrogens (tertiary/aromatic N) is 2. The van der Waals surface area contributed by atoms with Crippen molar-refractivity contribution in [1.29, 1.82) is 0 Å². The van der Waals surface area contributed by atoms with Crippen LogP contribution in [0.25, 0.3) is 10.1 Å². The molecule has 2 aliphatic heterocycles. The van der Waals surface area contributed by atoms with Crippen LogP contribution in [-0.2, 0) is 6.42 Å². The Hall–Kier alpha value is -1.10. The van der Waals surface area contributed by atoms with E-state index in [-0.39, 0.29) is 0 Å². The summed E-state index contributed by atoms with van der Waals surface area (Å²) in [4.78, 5) is 5.26. The molecule has 1 N–H and O–H groups in total. The van der Waals surface area contributed by atoms with E-state index in [4.69, 9.17) is 0 Å². The van der Waals surface area contributed by atoms with Gasteiger partial charge in [-0.1, -0.05) is 6.07 Å². The zero-order valence-electron chi connectivity index (χ0n) is 11.9. The van der Waals surface area contributed by atoms with Gasteiger partial charge in [-0.25, -0.2) is 0 Å². The van der Waals surface area contributed by atoms with E-state index in [1.54, 1.807) is 5.56 Å². The van der Waals surface area contributed by atoms with Gasteiger partial charge in [0.2, 0.25) is 0 Å². The number of likely N-dealkylation sites (N-methyl/N-ethyl adjacent to an activating group) is 1. The number of rotatable bonds is 3. The van der Waals surface area contributed by atoms with E-state index in [0.717, 1.165) is 6.54 Å². The fourth-order valence-electron chi connectivity index (χ4n) is 3.66. The second-order valence-corrected chi connectivity index (χ2v) is 6.78. The van der Waals surface area contributed by atoms with Gasteiger partial charge < -0.3 is 10.2 Å². The number of thiophene rings is 1. The van der Waals surface area contributed by atoms with Crippen LogP contribution in [0.5, 0.6) is 0 Å². The molecule has 0 spiro atoms. The average Bonchev–Trinajstić information content (AvgIpc) is 2.90. The molecule has 0 saturated carbocycles. The summed E-state index contributed by atoms with van der Waals surface area (Å²) in [6.07, 6.45) is 1.22. The summed E-state index contributed by atoms with van der Waals surface area (Å²) in [6.45, 7) is 5.82. The van der Waals surface area contributed by atoms with E-state index < -0.39 is 0 Å². The topological polar surface area (TPSA) is 18.5 Å². The molecule has 1 unspecified atom stereocenters. The van der Waals surface area contributed by atoms with Gasteiger partial charge in [-0.2, -0.15) is 0 Å². The Labute approximate surface area is 124 Å². The number of benzene rings is 1. The molecule has 4 heteroatoms. The van der Waals surface area contributed by atoms with Crippen molar-refractivity contribution in [2.24, 2.45) is 0 Å². The maximum atomic E-state index is 3.26. The lowest BCUT2D eigenvalue weighted by molar-refractivity contribution is 0.222. The molecule has 3 nitrogen and oxygen atoms in total. The molecule has 1 aromatic carbocycles. The van der Waals surface area contributed by atoms with Crippen molar-refractivity contribution in [3.63, 3.8) is 0 Å². The molecule has 0 aliphatic carbocycles. The van der Waals surface area contributed by atoms with Crippen LogP contribution in [-0.4, -0.2) is 50.7 Å². The lowest BCUT2D eigenvalue weighted by Crippen LogP contribution is -2.56. The van der Waals surface area contributed by atoms with E-state index in [2.05, 4.69) is 38.7 Å². The number of hydrogen-bond acceptors (Lipinski definition) is 4. The van der Waals surface area contributed by atoms with E-state index in [9.17, 15) is 0 Å². The highest BCUT2D eigenvalue weighted by Gasteiger charge is 2.32. The van der Waals surface area contributed by atoms with Crippen molar-refractivity contribution in [2.45, 2.75) is 12.5 Å². The van der Waals surface area contributed by atoms with Crippen molar-refractivity contribution in [1.82, 2.24) is 10.2 Å². The van der Waals surface area contributed by atoms with Crippen LogP contribution in [0.15, 0.2) is 23.6 Å². The van der Waals surface area contributed by atoms with Gasteiger partial charge in [0.05, 0.1) is 0 Å². The molecule has 20 heavy (non-hydrogen) atoms. The Bertz CT molecular complexity index is 621. The maximum Gasteiger partial charge on any atom is 0.0460 e. The molecule has 1 saturated heterocycles. The minimum absolute atomic E-state index is 0.660. The number of anilines is 1. The Morgan fingerprint density at radius 1 is 1.35 bits per heavy atom. The molecule has 3 heterocycles. The second kappa shape index (κ2) is 5.02. The molecule has 1 fully saturated rings. The van der Waals surface area contributed by atoms with Crippen molar-refractivity contribution in [3.8, 4) is 0 Å². The van der Waals surface area contributed by atoms with Crippen LogP contribution in [0.2, 0.25) is 0 Å². The highest BCUT2D eigenvalue weighted by atomic mass is 32.1. The molecule has 1 aromatic heterocycles. The Morgan fingerprint density at radius 2 is 2.30 bits per heavy atom. The largest absolute Gasteiger partial charge is 0.365 e. The van der Waals surface area contributed by atoms with Crippen molar-refractivity contribution in [3.05, 3.63) is 29.1 Å². The summed E-state index contributed by atoms with van der Waals surface area (Å²) in [5.41, 5.74) is 3.04. The summed E-state index contributed by atoms with van der Waals surface area (Å²) in [5.74, 6) is 0. The predicted molar refractivity (Wildman–Crippen MR) is 87.0 cm³/mol. The lowest BCUT2D eigenvalue weighted by atomic mass is 9.94. The first-order valence-corrected chi connectivity index (χ1v) is 8.37. The van der Waals surface area contributed by atoms with E-state index >= 15 is 0 Å². The highest BCUT2D eigenvalue weighted by Crippen LogP contribution is 2.40. The maximum absolute atomic E-state index is 3.26. The molecule has 4 rings (SSSR count). The van der Waals surface area contributed by atoms with Gasteiger partial charge in [-0.05, 0) is 36.5 Å². The van der Waals surface area contributed by atoms with E-state index in [0.29, 0.717) is 6.04 Å². The summed E-state index contributed by atoms with van der Waals surface area (Å²) in [6, 6.07) is 7.45. The molecule has 106 valence electrons. The van der Waals surface area contributed by atoms with Crippen LogP contribution in [0.1, 0.15) is 5.56 Å². The molecule has 2 aliphatic rings. The molecule has 2 aromatic rings. The smallest absolute Gasteiger partial charge is 0.0460 e. The Morgan fingerprint density at radius 3 is 3.20 bits per heavy atom. The van der Waals surface area contributed by atoms with Gasteiger partial charge in [0.25, 0.3) is 0 Å². The summed E-state index contributed by atoms with van der Waals surface area (Å²) >= 11 is 1.90. The highest BCUT2D eigenvalue weighted by molar-refractivity contribution is 7.17. The first-order chi connectivity index (χ1) is 9.86. The van der Waals surface area contributed by atoms with E-state index in [1.165, 1.54) is 48.4 Å². The molecule has 0 amide bonds. The van der Waals surface area contributed by atoms with E-state index in [1.807, 2.05) is 18.4 Å². The van der Waals surface area contributed by atoms with Gasteiger partial charge in [-0.15, -0.1) is 11.3 Å². The van der Waals surface area contributed by atoms with Gasteiger partial charge in [0.15, 0.2) is 0 Å². The summed E-state index contributed by atoms with van der Waals surface area (Å²) < 4.78 is 1.45. The molecule has 0 bridgehead atoms. The third-order valence-corrected chi connectivity index (χ3v) is 5.66. The zero-order valence-corrected chi connectivity index (χ0v) is 12.7. The SMILES string of the molecule is CNCCN1CCN2c3cccc4scc(c34)CC2C1. The van der Waals surface area contributed by atoms with Crippen molar-refractivity contribution < 1.29 is 0 Å². The first kappa shape index (κ1) is 12.6. The zero-order chi connectivity index (χ0) is 13.5. The number of piperazine rings is 1. The molecular weight excluding hydrogens is 266 g/mol. The minimum atomic E-state index is 0.660. The van der Waals surface area contributed by atoms with Crippen LogP contribution in [0.3, 0.4) is 0 Å². The third-order valence-electron chi connectivity index (χ3n) is 4.66. The number of nitrogens with one attached hydrogen (secondary N) is 1. The normalized spacial score (nSPS) is 22.2. The fourth-order valence-corrected chi connectivity index (χ4v) is 4.66. The monoisotopic (exact) mass is 287 g/mol. The van der Waals surface area contributed by atoms with Crippen molar-refractivity contribution >= 4 is 27.1 Å². The van der Waals surface area contributed by atoms with Crippen LogP contribution in [0.4, 0.5) is 5.69 Å². The lowest BCUT2D eigenvalue weighted by Gasteiger charge is -2.45. The number of hydrogen-bond donors (Lipinski definition) is 1. The standard InChI is InChI=1S/C16H21N3S/c1-17-5-6-18-7-8-19-13(10-18)9-12-11-20-15-4-2-3-14(19)16(12)15/h2-4,11,13,17H,5-10H2,1H3. The van der Waals surface area contributed by atoms with Gasteiger partial charge in [0, 0.05) is 54.5 Å². The summed E-state index contributed by atoms with van der Waals surface area (Å²) in [5, 5.41) is 7.16. The average molecular weight is 287 g/mol. The second-order valence-electron chi connectivity index (χ2n) is 5.87. The minimum Gasteiger partial charge on any atom is -0.365 e. The van der Waals surface area contributed by atoms with Crippen LogP contribution >= 0.6 is 11.3 Å². The molecule has 1 atom stereocenters. The predicted octanol–water partition coefficient (Wildman–Crippen LogP) is 2.17. The Kier molecular flexibility index (Phi) is 3.17. The molecule has 0 radical (unpaired) electrons.